The summed E-state index contributed by atoms with van der Waals surface area (Å²) in [5, 5.41) is 1.06. The summed E-state index contributed by atoms with van der Waals surface area (Å²) < 4.78 is 6.97. The summed E-state index contributed by atoms with van der Waals surface area (Å²) in [5.74, 6) is 0. The van der Waals surface area contributed by atoms with Gasteiger partial charge in [0.15, 0.2) is 6.29 Å². The highest BCUT2D eigenvalue weighted by atomic mass is 35.5. The average molecular weight is 656 g/mol. The minimum atomic E-state index is -0.568. The van der Waals surface area contributed by atoms with E-state index in [1.807, 2.05) is 76.3 Å². The van der Waals surface area contributed by atoms with Gasteiger partial charge in [0.1, 0.15) is 11.2 Å². The van der Waals surface area contributed by atoms with E-state index in [-0.39, 0.29) is 11.7 Å². The fraction of sp³-hybridized carbons (Fsp3) is 0.222. The Kier molecular flexibility index (Phi) is 8.35. The van der Waals surface area contributed by atoms with Crippen LogP contribution in [0.2, 0.25) is 10.0 Å². The van der Waals surface area contributed by atoms with Crippen molar-refractivity contribution in [1.29, 1.82) is 0 Å². The molecule has 0 aliphatic carbocycles. The first-order valence-electron chi connectivity index (χ1n) is 14.8. The van der Waals surface area contributed by atoms with Crippen molar-refractivity contribution in [1.82, 2.24) is 14.3 Å². The third-order valence-electron chi connectivity index (χ3n) is 7.99. The number of likely N-dealkylation sites (N-methyl/N-ethyl adjacent to an activating group) is 1. The summed E-state index contributed by atoms with van der Waals surface area (Å²) in [6.07, 6.45) is 3.03. The van der Waals surface area contributed by atoms with Crippen LogP contribution in [0.4, 0.5) is 10.5 Å². The van der Waals surface area contributed by atoms with Gasteiger partial charge in [-0.25, -0.2) is 9.78 Å². The van der Waals surface area contributed by atoms with Crippen LogP contribution in [0.15, 0.2) is 83.9 Å². The molecule has 1 aliphatic rings. The number of rotatable bonds is 4. The van der Waals surface area contributed by atoms with Gasteiger partial charge in [0.2, 0.25) is 0 Å². The van der Waals surface area contributed by atoms with E-state index in [0.717, 1.165) is 44.6 Å². The van der Waals surface area contributed by atoms with Crippen LogP contribution < -0.4 is 10.5 Å². The monoisotopic (exact) mass is 654 g/mol. The van der Waals surface area contributed by atoms with Crippen molar-refractivity contribution in [2.24, 2.45) is 0 Å². The van der Waals surface area contributed by atoms with E-state index in [4.69, 9.17) is 27.9 Å². The zero-order valence-corrected chi connectivity index (χ0v) is 27.4. The molecular weight excluding hydrogens is 623 g/mol. The lowest BCUT2D eigenvalue weighted by Crippen LogP contribution is -2.38. The summed E-state index contributed by atoms with van der Waals surface area (Å²) in [6.45, 7) is 7.25. The highest BCUT2D eigenvalue weighted by Gasteiger charge is 2.26. The van der Waals surface area contributed by atoms with Crippen LogP contribution in [0.5, 0.6) is 0 Å². The highest BCUT2D eigenvalue weighted by molar-refractivity contribution is 6.39. The fourth-order valence-corrected chi connectivity index (χ4v) is 6.32. The number of hydrogen-bond acceptors (Lipinski definition) is 6. The molecule has 8 nitrogen and oxygen atoms in total. The van der Waals surface area contributed by atoms with Gasteiger partial charge in [0, 0.05) is 60.5 Å². The second-order valence-electron chi connectivity index (χ2n) is 12.3. The van der Waals surface area contributed by atoms with Crippen LogP contribution in [0, 0.1) is 0 Å². The molecule has 1 aliphatic heterocycles. The molecule has 0 unspecified atom stereocenters. The maximum absolute atomic E-state index is 12.9. The number of ether oxygens (including phenoxy) is 1. The third kappa shape index (κ3) is 5.98. The van der Waals surface area contributed by atoms with Crippen LogP contribution in [0.3, 0.4) is 0 Å². The van der Waals surface area contributed by atoms with Crippen LogP contribution in [0.25, 0.3) is 39.0 Å². The molecule has 0 saturated carbocycles. The highest BCUT2D eigenvalue weighted by Crippen LogP contribution is 2.43. The number of aromatic nitrogens is 2. The molecule has 10 heteroatoms. The number of carbonyl (C=O) groups excluding carboxylic acids is 2. The predicted octanol–water partition coefficient (Wildman–Crippen LogP) is 8.00. The molecule has 5 aromatic rings. The molecule has 3 aromatic carbocycles. The number of anilines is 1. The molecule has 0 fully saturated rings. The molecule has 2 aromatic heterocycles. The van der Waals surface area contributed by atoms with E-state index in [1.165, 1.54) is 10.6 Å². The van der Waals surface area contributed by atoms with E-state index in [0.29, 0.717) is 41.6 Å². The zero-order valence-electron chi connectivity index (χ0n) is 25.9. The minimum Gasteiger partial charge on any atom is -0.444 e. The van der Waals surface area contributed by atoms with Crippen LogP contribution in [-0.2, 0) is 11.3 Å². The second kappa shape index (κ2) is 12.3. The molecule has 46 heavy (non-hydrogen) atoms. The van der Waals surface area contributed by atoms with Crippen molar-refractivity contribution in [3.8, 4) is 33.4 Å². The number of benzene rings is 3. The van der Waals surface area contributed by atoms with Crippen molar-refractivity contribution >= 4 is 46.9 Å². The van der Waals surface area contributed by atoms with Crippen molar-refractivity contribution in [2.75, 3.05) is 25.0 Å². The third-order valence-corrected chi connectivity index (χ3v) is 8.80. The van der Waals surface area contributed by atoms with Gasteiger partial charge in [0.25, 0.3) is 5.56 Å². The van der Waals surface area contributed by atoms with E-state index in [2.05, 4.69) is 16.0 Å². The van der Waals surface area contributed by atoms with Crippen LogP contribution in [-0.4, -0.2) is 52.4 Å². The largest absolute Gasteiger partial charge is 0.444 e. The van der Waals surface area contributed by atoms with Gasteiger partial charge in [-0.15, -0.1) is 0 Å². The summed E-state index contributed by atoms with van der Waals surface area (Å²) in [5.41, 5.74) is 6.27. The molecule has 6 rings (SSSR count). The average Bonchev–Trinajstić information content (AvgIpc) is 3.19. The first-order chi connectivity index (χ1) is 21.9. The molecule has 0 saturated heterocycles. The lowest BCUT2D eigenvalue weighted by Gasteiger charge is -2.26. The Balaban J connectivity index is 1.35. The first-order valence-corrected chi connectivity index (χ1v) is 15.6. The van der Waals surface area contributed by atoms with Crippen molar-refractivity contribution < 1.29 is 14.3 Å². The maximum Gasteiger partial charge on any atom is 0.410 e. The fourth-order valence-electron chi connectivity index (χ4n) is 5.64. The molecular formula is C36H32Cl2N4O4. The Bertz CT molecular complexity index is 2070. The summed E-state index contributed by atoms with van der Waals surface area (Å²) >= 11 is 14.2. The van der Waals surface area contributed by atoms with Gasteiger partial charge >= 0.3 is 6.09 Å². The second-order valence-corrected chi connectivity index (χ2v) is 13.0. The quantitative estimate of drug-likeness (QED) is 0.183. The lowest BCUT2D eigenvalue weighted by atomic mass is 9.95. The molecule has 3 heterocycles. The molecule has 0 radical (unpaired) electrons. The Labute approximate surface area is 276 Å². The lowest BCUT2D eigenvalue weighted by molar-refractivity contribution is 0.0243. The minimum absolute atomic E-state index is 0.0105. The molecule has 0 atom stereocenters. The molecule has 0 N–H and O–H groups in total. The van der Waals surface area contributed by atoms with Crippen molar-refractivity contribution in [2.45, 2.75) is 32.9 Å². The topological polar surface area (TPSA) is 84.2 Å². The van der Waals surface area contributed by atoms with Gasteiger partial charge < -0.3 is 14.5 Å². The van der Waals surface area contributed by atoms with Crippen molar-refractivity contribution in [3.05, 3.63) is 111 Å². The zero-order chi connectivity index (χ0) is 32.7. The van der Waals surface area contributed by atoms with Gasteiger partial charge in [-0.1, -0.05) is 71.7 Å². The van der Waals surface area contributed by atoms with Crippen molar-refractivity contribution in [3.63, 3.8) is 0 Å². The summed E-state index contributed by atoms with van der Waals surface area (Å²) in [6, 6.07) is 21.3. The Morgan fingerprint density at radius 1 is 0.891 bits per heavy atom. The maximum atomic E-state index is 12.9. The standard InChI is InChI=1S/C36H32Cl2N4O4/c1-36(2,3)46-35(45)41-16-15-40(4)30-17-22(11-12-24(30)20-41)26-7-5-9-28(32(26)37)29-10-6-8-27(33(29)38)23-13-14-42-31(18-23)39-19-25(21-43)34(42)44/h5-14,17-19,21H,15-16,20H2,1-4H3. The van der Waals surface area contributed by atoms with E-state index >= 15 is 0 Å². The number of hydrogen-bond donors (Lipinski definition) is 0. The molecule has 234 valence electrons. The van der Waals surface area contributed by atoms with E-state index < -0.39 is 11.2 Å². The van der Waals surface area contributed by atoms with E-state index in [1.54, 1.807) is 23.2 Å². The number of aldehydes is 1. The number of halogens is 2. The Morgan fingerprint density at radius 2 is 1.52 bits per heavy atom. The van der Waals surface area contributed by atoms with Gasteiger partial charge in [-0.3, -0.25) is 14.0 Å². The van der Waals surface area contributed by atoms with Gasteiger partial charge in [-0.05, 0) is 55.7 Å². The first kappa shape index (κ1) is 31.3. The summed E-state index contributed by atoms with van der Waals surface area (Å²) in [7, 11) is 2.02. The number of carbonyl (C=O) groups is 2. The molecule has 0 spiro atoms. The SMILES string of the molecule is CN1CCN(C(=O)OC(C)(C)C)Cc2ccc(-c3cccc(-c4cccc(-c5ccn6c(=O)c(C=O)cnc6c5)c4Cl)c3Cl)cc21. The number of nitrogens with zero attached hydrogens (tertiary/aromatic N) is 4. The van der Waals surface area contributed by atoms with Gasteiger partial charge in [0.05, 0.1) is 22.2 Å². The Morgan fingerprint density at radius 3 is 2.15 bits per heavy atom. The number of amides is 1. The molecule has 1 amide bonds. The Hall–Kier alpha value is -4.66. The van der Waals surface area contributed by atoms with Crippen LogP contribution >= 0.6 is 23.2 Å². The normalized spacial score (nSPS) is 13.3. The van der Waals surface area contributed by atoms with E-state index in [9.17, 15) is 14.4 Å². The molecule has 0 bridgehead atoms. The number of fused-ring (bicyclic) bond motifs is 2. The predicted molar refractivity (Wildman–Crippen MR) is 183 cm³/mol. The summed E-state index contributed by atoms with van der Waals surface area (Å²) in [4.78, 5) is 44.7. The van der Waals surface area contributed by atoms with Gasteiger partial charge in [-0.2, -0.15) is 0 Å². The smallest absolute Gasteiger partial charge is 0.410 e. The number of pyridine rings is 1. The van der Waals surface area contributed by atoms with Crippen LogP contribution in [0.1, 0.15) is 36.7 Å².